The number of nitrogens with zero attached hydrogens (tertiary/aromatic N) is 1. The van der Waals surface area contributed by atoms with Crippen LogP contribution in [0.15, 0.2) is 36.5 Å². The summed E-state index contributed by atoms with van der Waals surface area (Å²) in [5.74, 6) is 1.50. The van der Waals surface area contributed by atoms with Crippen LogP contribution in [-0.2, 0) is 0 Å². The highest BCUT2D eigenvalue weighted by atomic mass is 19.1. The van der Waals surface area contributed by atoms with E-state index in [0.717, 1.165) is 50.2 Å². The highest BCUT2D eigenvalue weighted by Gasteiger charge is 2.27. The lowest BCUT2D eigenvalue weighted by atomic mass is 9.99. The molecule has 1 aromatic heterocycles. The van der Waals surface area contributed by atoms with Gasteiger partial charge in [0.1, 0.15) is 5.82 Å². The lowest BCUT2D eigenvalue weighted by Gasteiger charge is -2.24. The topological polar surface area (TPSA) is 58.2 Å². The molecule has 1 aromatic carbocycles. The van der Waals surface area contributed by atoms with Gasteiger partial charge in [0.15, 0.2) is 11.6 Å². The second kappa shape index (κ2) is 9.75. The van der Waals surface area contributed by atoms with E-state index in [0.29, 0.717) is 23.8 Å². The fourth-order valence-electron chi connectivity index (χ4n) is 4.74. The molecular weight excluding hydrogens is 379 g/mol. The molecule has 6 heteroatoms. The molecule has 162 valence electrons. The molecule has 1 saturated heterocycles. The third-order valence-corrected chi connectivity index (χ3v) is 6.54. The van der Waals surface area contributed by atoms with Gasteiger partial charge in [-0.3, -0.25) is 0 Å². The van der Waals surface area contributed by atoms with Gasteiger partial charge in [0.2, 0.25) is 0 Å². The minimum Gasteiger partial charge on any atom is -0.494 e. The van der Waals surface area contributed by atoms with Crippen molar-refractivity contribution in [3.63, 3.8) is 0 Å². The van der Waals surface area contributed by atoms with Crippen molar-refractivity contribution in [1.29, 1.82) is 0 Å². The Hall–Kier alpha value is -2.18. The van der Waals surface area contributed by atoms with Crippen molar-refractivity contribution in [3.8, 4) is 5.75 Å². The van der Waals surface area contributed by atoms with E-state index in [4.69, 9.17) is 4.74 Å². The molecule has 2 fully saturated rings. The zero-order chi connectivity index (χ0) is 20.9. The van der Waals surface area contributed by atoms with Gasteiger partial charge in [-0.2, -0.15) is 0 Å². The highest BCUT2D eigenvalue weighted by molar-refractivity contribution is 5.38. The van der Waals surface area contributed by atoms with Gasteiger partial charge in [0.05, 0.1) is 7.11 Å². The van der Waals surface area contributed by atoms with E-state index in [1.807, 2.05) is 12.3 Å². The van der Waals surface area contributed by atoms with E-state index in [-0.39, 0.29) is 11.9 Å². The molecule has 1 aliphatic heterocycles. The average Bonchev–Trinajstić information content (AvgIpc) is 3.23. The minimum absolute atomic E-state index is 0.151. The van der Waals surface area contributed by atoms with Crippen LogP contribution in [0.25, 0.3) is 0 Å². The van der Waals surface area contributed by atoms with Gasteiger partial charge in [-0.15, -0.1) is 0 Å². The van der Waals surface area contributed by atoms with Crippen LogP contribution in [0, 0.1) is 5.82 Å². The molecular formula is C24H33FN4O. The minimum atomic E-state index is -0.319. The van der Waals surface area contributed by atoms with Crippen LogP contribution >= 0.6 is 0 Å². The number of ether oxygens (including phenoxy) is 1. The van der Waals surface area contributed by atoms with Crippen molar-refractivity contribution in [2.24, 2.45) is 0 Å². The lowest BCUT2D eigenvalue weighted by Crippen LogP contribution is -2.35. The van der Waals surface area contributed by atoms with Crippen molar-refractivity contribution in [2.45, 2.75) is 63.1 Å². The van der Waals surface area contributed by atoms with Crippen LogP contribution in [0.4, 0.5) is 10.2 Å². The quantitative estimate of drug-likeness (QED) is 0.630. The molecule has 3 atom stereocenters. The molecule has 2 aromatic rings. The van der Waals surface area contributed by atoms with Crippen LogP contribution in [0.5, 0.6) is 5.75 Å². The molecule has 3 N–H and O–H groups in total. The Morgan fingerprint density at radius 1 is 1.10 bits per heavy atom. The molecule has 30 heavy (non-hydrogen) atoms. The molecule has 0 spiro atoms. The Morgan fingerprint density at radius 2 is 1.93 bits per heavy atom. The van der Waals surface area contributed by atoms with E-state index in [2.05, 4.69) is 40.0 Å². The number of methoxy groups -OCH3 is 1. The number of piperidine rings is 1. The molecule has 0 radical (unpaired) electrons. The molecule has 1 aliphatic carbocycles. The number of pyridine rings is 1. The van der Waals surface area contributed by atoms with Crippen LogP contribution in [0.1, 0.15) is 62.1 Å². The summed E-state index contributed by atoms with van der Waals surface area (Å²) in [6.45, 7) is 4.29. The Balaban J connectivity index is 1.30. The lowest BCUT2D eigenvalue weighted by molar-refractivity contribution is 0.384. The third-order valence-electron chi connectivity index (χ3n) is 6.54. The smallest absolute Gasteiger partial charge is 0.165 e. The van der Waals surface area contributed by atoms with Crippen molar-refractivity contribution in [2.75, 3.05) is 25.5 Å². The molecule has 5 nitrogen and oxygen atoms in total. The first-order valence-corrected chi connectivity index (χ1v) is 11.1. The first-order chi connectivity index (χ1) is 14.6. The molecule has 4 rings (SSSR count). The number of anilines is 1. The summed E-state index contributed by atoms with van der Waals surface area (Å²) in [6, 6.07) is 10.6. The first-order valence-electron chi connectivity index (χ1n) is 11.1. The monoisotopic (exact) mass is 412 g/mol. The Labute approximate surface area is 178 Å². The Kier molecular flexibility index (Phi) is 6.85. The zero-order valence-electron chi connectivity index (χ0n) is 18.0. The summed E-state index contributed by atoms with van der Waals surface area (Å²) in [6.07, 6.45) is 7.76. The van der Waals surface area contributed by atoms with E-state index in [1.54, 1.807) is 6.07 Å². The van der Waals surface area contributed by atoms with Gasteiger partial charge < -0.3 is 20.7 Å². The average molecular weight is 413 g/mol. The van der Waals surface area contributed by atoms with Gasteiger partial charge in [-0.1, -0.05) is 12.1 Å². The molecule has 1 saturated carbocycles. The normalized spacial score (nSPS) is 23.3. The van der Waals surface area contributed by atoms with Crippen molar-refractivity contribution >= 4 is 5.82 Å². The Bertz CT molecular complexity index is 822. The standard InChI is InChI=1S/C24H33FN4O/c1-16(17-4-7-22(25)23(14-17)30-2)28-21-6-3-18(13-21)19-5-8-24(27-15-19)29-20-9-11-26-12-10-20/h4-5,7-8,14-16,18,20-21,26,28H,3,6,9-13H2,1-2H3,(H,27,29). The van der Waals surface area contributed by atoms with Crippen molar-refractivity contribution < 1.29 is 9.13 Å². The van der Waals surface area contributed by atoms with Crippen LogP contribution in [0.2, 0.25) is 0 Å². The first kappa shape index (κ1) is 21.1. The predicted octanol–water partition coefficient (Wildman–Crippen LogP) is 4.38. The number of benzene rings is 1. The second-order valence-corrected chi connectivity index (χ2v) is 8.63. The van der Waals surface area contributed by atoms with Gasteiger partial charge in [-0.05, 0) is 87.4 Å². The van der Waals surface area contributed by atoms with E-state index in [9.17, 15) is 4.39 Å². The summed E-state index contributed by atoms with van der Waals surface area (Å²) in [5, 5.41) is 10.7. The summed E-state index contributed by atoms with van der Waals surface area (Å²) in [7, 11) is 1.50. The van der Waals surface area contributed by atoms with Gasteiger partial charge >= 0.3 is 0 Å². The number of hydrogen-bond donors (Lipinski definition) is 3. The second-order valence-electron chi connectivity index (χ2n) is 8.63. The Morgan fingerprint density at radius 3 is 2.67 bits per heavy atom. The largest absolute Gasteiger partial charge is 0.494 e. The van der Waals surface area contributed by atoms with Crippen LogP contribution < -0.4 is 20.7 Å². The van der Waals surface area contributed by atoms with Crippen molar-refractivity contribution in [1.82, 2.24) is 15.6 Å². The number of nitrogens with one attached hydrogen (secondary N) is 3. The number of hydrogen-bond acceptors (Lipinski definition) is 5. The fraction of sp³-hybridized carbons (Fsp3) is 0.542. The number of rotatable bonds is 7. The molecule has 0 amide bonds. The predicted molar refractivity (Wildman–Crippen MR) is 119 cm³/mol. The van der Waals surface area contributed by atoms with Crippen molar-refractivity contribution in [3.05, 3.63) is 53.5 Å². The highest BCUT2D eigenvalue weighted by Crippen LogP contribution is 2.35. The maximum absolute atomic E-state index is 13.7. The third kappa shape index (κ3) is 5.10. The summed E-state index contributed by atoms with van der Waals surface area (Å²) < 4.78 is 18.8. The number of halogens is 1. The molecule has 3 unspecified atom stereocenters. The summed E-state index contributed by atoms with van der Waals surface area (Å²) >= 11 is 0. The summed E-state index contributed by atoms with van der Waals surface area (Å²) in [4.78, 5) is 4.68. The maximum atomic E-state index is 13.7. The van der Waals surface area contributed by atoms with Gasteiger partial charge in [0, 0.05) is 24.3 Å². The number of aromatic nitrogens is 1. The summed E-state index contributed by atoms with van der Waals surface area (Å²) in [5.41, 5.74) is 2.37. The van der Waals surface area contributed by atoms with Gasteiger partial charge in [0.25, 0.3) is 0 Å². The molecule has 0 bridgehead atoms. The molecule has 2 aliphatic rings. The van der Waals surface area contributed by atoms with E-state index >= 15 is 0 Å². The van der Waals surface area contributed by atoms with Crippen LogP contribution in [-0.4, -0.2) is 37.3 Å². The van der Waals surface area contributed by atoms with Gasteiger partial charge in [-0.25, -0.2) is 9.37 Å². The van der Waals surface area contributed by atoms with E-state index in [1.165, 1.54) is 25.2 Å². The molecule has 2 heterocycles. The van der Waals surface area contributed by atoms with Crippen LogP contribution in [0.3, 0.4) is 0 Å². The maximum Gasteiger partial charge on any atom is 0.165 e. The SMILES string of the molecule is COc1cc(C(C)NC2CCC(c3ccc(NC4CCNCC4)nc3)C2)ccc1F. The fourth-order valence-corrected chi connectivity index (χ4v) is 4.74. The zero-order valence-corrected chi connectivity index (χ0v) is 18.0. The van der Waals surface area contributed by atoms with E-state index < -0.39 is 0 Å².